The standard InChI is InChI=1S/C23H20FN3O.C2HF3O2/c24-20-11-21-22(27-14-26-21)12-23(20)28-19-7-5-15(6-8-19)13-25-18-9-16-3-1-2-4-17(16)10-18;3-2(4,5)1(6)7/h1-8,11-12,14,18,25H,9-10,13H2,(H,26,27);(H,6,7). The lowest BCUT2D eigenvalue weighted by molar-refractivity contribution is -0.192. The number of aromatic amines is 1. The van der Waals surface area contributed by atoms with Crippen molar-refractivity contribution in [2.24, 2.45) is 0 Å². The third kappa shape index (κ3) is 6.15. The van der Waals surface area contributed by atoms with Gasteiger partial charge in [0.25, 0.3) is 0 Å². The van der Waals surface area contributed by atoms with Crippen molar-refractivity contribution < 1.29 is 32.2 Å². The van der Waals surface area contributed by atoms with Gasteiger partial charge in [0.05, 0.1) is 17.4 Å². The number of benzene rings is 3. The summed E-state index contributed by atoms with van der Waals surface area (Å²) < 4.78 is 51.6. The van der Waals surface area contributed by atoms with Gasteiger partial charge in [-0.05, 0) is 41.7 Å². The number of rotatable bonds is 5. The molecular formula is C25H21F4N3O3. The summed E-state index contributed by atoms with van der Waals surface area (Å²) in [5, 5.41) is 10.8. The van der Waals surface area contributed by atoms with Crippen LogP contribution < -0.4 is 10.1 Å². The second-order valence-electron chi connectivity index (χ2n) is 8.01. The average Bonchev–Trinajstić information content (AvgIpc) is 3.44. The number of ether oxygens (including phenoxy) is 1. The van der Waals surface area contributed by atoms with Crippen molar-refractivity contribution >= 4 is 17.0 Å². The number of hydrogen-bond acceptors (Lipinski definition) is 4. The summed E-state index contributed by atoms with van der Waals surface area (Å²) >= 11 is 0. The molecule has 0 fully saturated rings. The van der Waals surface area contributed by atoms with Crippen LogP contribution in [0, 0.1) is 5.82 Å². The Morgan fingerprint density at radius 1 is 1.09 bits per heavy atom. The van der Waals surface area contributed by atoms with Crippen LogP contribution in [-0.2, 0) is 24.2 Å². The van der Waals surface area contributed by atoms with Crippen LogP contribution in [0.3, 0.4) is 0 Å². The number of alkyl halides is 3. The number of aromatic nitrogens is 2. The minimum atomic E-state index is -5.08. The Bertz CT molecular complexity index is 1290. The first kappa shape index (κ1) is 24.2. The molecule has 5 rings (SSSR count). The fourth-order valence-electron chi connectivity index (χ4n) is 3.78. The number of carboxylic acid groups (broad SMARTS) is 1. The summed E-state index contributed by atoms with van der Waals surface area (Å²) in [5.41, 5.74) is 5.39. The van der Waals surface area contributed by atoms with Crippen LogP contribution >= 0.6 is 0 Å². The summed E-state index contributed by atoms with van der Waals surface area (Å²) in [6.07, 6.45) is -1.39. The van der Waals surface area contributed by atoms with Gasteiger partial charge in [0.15, 0.2) is 11.6 Å². The SMILES string of the molecule is Fc1cc2nc[nH]c2cc1Oc1ccc(CNC2Cc3ccccc3C2)cc1.O=C(O)C(F)(F)F. The molecule has 6 nitrogen and oxygen atoms in total. The molecule has 1 aromatic heterocycles. The molecular weight excluding hydrogens is 466 g/mol. The number of halogens is 4. The van der Waals surface area contributed by atoms with Crippen LogP contribution in [0.25, 0.3) is 11.0 Å². The van der Waals surface area contributed by atoms with E-state index in [0.717, 1.165) is 24.9 Å². The fourth-order valence-corrected chi connectivity index (χ4v) is 3.78. The average molecular weight is 487 g/mol. The fraction of sp³-hybridized carbons (Fsp3) is 0.200. The van der Waals surface area contributed by atoms with Crippen molar-refractivity contribution in [3.05, 3.63) is 89.5 Å². The van der Waals surface area contributed by atoms with Gasteiger partial charge in [-0.1, -0.05) is 36.4 Å². The Balaban J connectivity index is 0.000000364. The van der Waals surface area contributed by atoms with Gasteiger partial charge >= 0.3 is 12.1 Å². The molecule has 3 N–H and O–H groups in total. The number of carboxylic acids is 1. The van der Waals surface area contributed by atoms with Crippen LogP contribution in [0.4, 0.5) is 17.6 Å². The van der Waals surface area contributed by atoms with E-state index in [1.807, 2.05) is 24.3 Å². The van der Waals surface area contributed by atoms with E-state index >= 15 is 0 Å². The maximum atomic E-state index is 14.2. The molecule has 1 aliphatic carbocycles. The number of aliphatic carboxylic acids is 1. The number of nitrogens with one attached hydrogen (secondary N) is 2. The van der Waals surface area contributed by atoms with E-state index in [1.165, 1.54) is 22.8 Å². The molecule has 0 radical (unpaired) electrons. The van der Waals surface area contributed by atoms with Gasteiger partial charge in [-0.2, -0.15) is 13.2 Å². The molecule has 3 aromatic carbocycles. The van der Waals surface area contributed by atoms with Gasteiger partial charge in [-0.3, -0.25) is 0 Å². The van der Waals surface area contributed by atoms with Crippen LogP contribution in [0.5, 0.6) is 11.5 Å². The number of H-pyrrole nitrogens is 1. The first-order valence-electron chi connectivity index (χ1n) is 10.7. The number of imidazole rings is 1. The molecule has 10 heteroatoms. The van der Waals surface area contributed by atoms with E-state index in [1.54, 1.807) is 12.4 Å². The van der Waals surface area contributed by atoms with Crippen molar-refractivity contribution in [3.63, 3.8) is 0 Å². The molecule has 0 aliphatic heterocycles. The lowest BCUT2D eigenvalue weighted by atomic mass is 10.1. The molecule has 0 unspecified atom stereocenters. The molecule has 0 spiro atoms. The number of fused-ring (bicyclic) bond motifs is 2. The van der Waals surface area contributed by atoms with E-state index in [2.05, 4.69) is 39.6 Å². The maximum absolute atomic E-state index is 14.2. The highest BCUT2D eigenvalue weighted by atomic mass is 19.4. The first-order chi connectivity index (χ1) is 16.7. The summed E-state index contributed by atoms with van der Waals surface area (Å²) in [6, 6.07) is 19.9. The first-order valence-corrected chi connectivity index (χ1v) is 10.7. The van der Waals surface area contributed by atoms with Crippen molar-refractivity contribution in [3.8, 4) is 11.5 Å². The van der Waals surface area contributed by atoms with Gasteiger partial charge in [-0.15, -0.1) is 0 Å². The summed E-state index contributed by atoms with van der Waals surface area (Å²) in [4.78, 5) is 15.9. The zero-order valence-corrected chi connectivity index (χ0v) is 18.3. The molecule has 0 saturated heterocycles. The Morgan fingerprint density at radius 2 is 1.71 bits per heavy atom. The van der Waals surface area contributed by atoms with Gasteiger partial charge in [0.2, 0.25) is 0 Å². The van der Waals surface area contributed by atoms with Crippen LogP contribution in [0.15, 0.2) is 67.0 Å². The second kappa shape index (κ2) is 10.1. The zero-order chi connectivity index (χ0) is 25.0. The predicted molar refractivity (Wildman–Crippen MR) is 121 cm³/mol. The topological polar surface area (TPSA) is 87.2 Å². The zero-order valence-electron chi connectivity index (χ0n) is 18.3. The quantitative estimate of drug-likeness (QED) is 0.329. The summed E-state index contributed by atoms with van der Waals surface area (Å²) in [7, 11) is 0. The highest BCUT2D eigenvalue weighted by Crippen LogP contribution is 2.28. The van der Waals surface area contributed by atoms with Crippen LogP contribution in [-0.4, -0.2) is 33.3 Å². The van der Waals surface area contributed by atoms with Crippen LogP contribution in [0.1, 0.15) is 16.7 Å². The van der Waals surface area contributed by atoms with Crippen molar-refractivity contribution in [1.82, 2.24) is 15.3 Å². The summed E-state index contributed by atoms with van der Waals surface area (Å²) in [6.45, 7) is 0.799. The molecule has 1 heterocycles. The van der Waals surface area contributed by atoms with Gasteiger partial charge in [-0.25, -0.2) is 14.2 Å². The Kier molecular flexibility index (Phi) is 7.02. The number of nitrogens with zero attached hydrogens (tertiary/aromatic N) is 1. The van der Waals surface area contributed by atoms with Gasteiger partial charge in [0.1, 0.15) is 5.75 Å². The van der Waals surface area contributed by atoms with Crippen molar-refractivity contribution in [2.45, 2.75) is 31.6 Å². The van der Waals surface area contributed by atoms with E-state index in [4.69, 9.17) is 14.6 Å². The minimum Gasteiger partial charge on any atom is -0.475 e. The monoisotopic (exact) mass is 487 g/mol. The van der Waals surface area contributed by atoms with Crippen LogP contribution in [0.2, 0.25) is 0 Å². The Labute approximate surface area is 197 Å². The third-order valence-electron chi connectivity index (χ3n) is 5.51. The van der Waals surface area contributed by atoms with E-state index in [-0.39, 0.29) is 5.75 Å². The normalized spacial score (nSPS) is 13.3. The van der Waals surface area contributed by atoms with Crippen molar-refractivity contribution in [2.75, 3.05) is 0 Å². The number of hydrogen-bond donors (Lipinski definition) is 3. The lowest BCUT2D eigenvalue weighted by Crippen LogP contribution is -2.28. The minimum absolute atomic E-state index is 0.186. The largest absolute Gasteiger partial charge is 0.490 e. The molecule has 35 heavy (non-hydrogen) atoms. The van der Waals surface area contributed by atoms with E-state index in [9.17, 15) is 17.6 Å². The van der Waals surface area contributed by atoms with Crippen molar-refractivity contribution in [1.29, 1.82) is 0 Å². The summed E-state index contributed by atoms with van der Waals surface area (Å²) in [5.74, 6) is -2.39. The molecule has 1 aliphatic rings. The Hall–Kier alpha value is -3.92. The third-order valence-corrected chi connectivity index (χ3v) is 5.51. The lowest BCUT2D eigenvalue weighted by Gasteiger charge is -2.12. The number of carbonyl (C=O) groups is 1. The highest BCUT2D eigenvalue weighted by Gasteiger charge is 2.38. The molecule has 0 amide bonds. The predicted octanol–water partition coefficient (Wildman–Crippen LogP) is 5.38. The molecule has 0 bridgehead atoms. The van der Waals surface area contributed by atoms with Gasteiger partial charge < -0.3 is 20.1 Å². The maximum Gasteiger partial charge on any atom is 0.490 e. The second-order valence-corrected chi connectivity index (χ2v) is 8.01. The molecule has 0 atom stereocenters. The van der Waals surface area contributed by atoms with E-state index in [0.29, 0.717) is 17.3 Å². The molecule has 4 aromatic rings. The molecule has 0 saturated carbocycles. The van der Waals surface area contributed by atoms with E-state index < -0.39 is 18.0 Å². The van der Waals surface area contributed by atoms with Gasteiger partial charge in [0, 0.05) is 24.7 Å². The highest BCUT2D eigenvalue weighted by molar-refractivity contribution is 5.76. The smallest absolute Gasteiger partial charge is 0.475 e. The molecule has 182 valence electrons. The Morgan fingerprint density at radius 3 is 2.31 bits per heavy atom.